The maximum atomic E-state index is 5.99. The molecule has 4 nitrogen and oxygen atoms in total. The van der Waals surface area contributed by atoms with E-state index in [4.69, 9.17) is 11.6 Å². The molecule has 1 saturated heterocycles. The number of pyridine rings is 1. The van der Waals surface area contributed by atoms with Crippen LogP contribution in [-0.4, -0.2) is 61.1 Å². The minimum atomic E-state index is 0.567. The topological polar surface area (TPSA) is 22.6 Å². The summed E-state index contributed by atoms with van der Waals surface area (Å²) in [6, 6.07) is 14.6. The van der Waals surface area contributed by atoms with Crippen LogP contribution >= 0.6 is 11.6 Å². The maximum Gasteiger partial charge on any atom is 0.131 e. The van der Waals surface area contributed by atoms with Gasteiger partial charge in [0.2, 0.25) is 0 Å². The lowest BCUT2D eigenvalue weighted by Crippen LogP contribution is -2.48. The number of likely N-dealkylation sites (N-methyl/N-ethyl adjacent to an activating group) is 1. The molecular formula is C19H25ClN4. The van der Waals surface area contributed by atoms with Crippen LogP contribution in [-0.2, 0) is 6.54 Å². The highest BCUT2D eigenvalue weighted by Gasteiger charge is 2.17. The van der Waals surface area contributed by atoms with Crippen LogP contribution < -0.4 is 4.90 Å². The van der Waals surface area contributed by atoms with Crippen LogP contribution in [0.3, 0.4) is 0 Å². The molecule has 0 amide bonds. The average molecular weight is 345 g/mol. The SMILES string of the molecule is CN(CCN1CCN(c2ccnc(Cl)c2)CC1)Cc1ccccc1. The zero-order chi connectivity index (χ0) is 16.8. The minimum Gasteiger partial charge on any atom is -0.369 e. The van der Waals surface area contributed by atoms with Gasteiger partial charge in [0.1, 0.15) is 5.15 Å². The van der Waals surface area contributed by atoms with Crippen LogP contribution in [0.2, 0.25) is 5.15 Å². The number of benzene rings is 1. The van der Waals surface area contributed by atoms with Crippen molar-refractivity contribution in [2.75, 3.05) is 51.2 Å². The van der Waals surface area contributed by atoms with Gasteiger partial charge in [-0.25, -0.2) is 4.98 Å². The number of hydrogen-bond donors (Lipinski definition) is 0. The Kier molecular flexibility index (Phi) is 6.07. The van der Waals surface area contributed by atoms with E-state index in [0.717, 1.165) is 45.8 Å². The molecule has 0 bridgehead atoms. The molecule has 0 unspecified atom stereocenters. The smallest absolute Gasteiger partial charge is 0.131 e. The summed E-state index contributed by atoms with van der Waals surface area (Å²) in [4.78, 5) is 11.4. The summed E-state index contributed by atoms with van der Waals surface area (Å²) in [7, 11) is 2.20. The maximum absolute atomic E-state index is 5.99. The van der Waals surface area contributed by atoms with Gasteiger partial charge in [-0.05, 0) is 24.7 Å². The summed E-state index contributed by atoms with van der Waals surface area (Å²) in [6.45, 7) is 7.50. The Morgan fingerprint density at radius 3 is 2.54 bits per heavy atom. The Bertz CT molecular complexity index is 626. The molecule has 128 valence electrons. The first-order valence-corrected chi connectivity index (χ1v) is 8.90. The number of piperazine rings is 1. The van der Waals surface area contributed by atoms with Crippen molar-refractivity contribution in [1.29, 1.82) is 0 Å². The Morgan fingerprint density at radius 2 is 1.83 bits per heavy atom. The molecule has 0 aliphatic carbocycles. The molecule has 1 aromatic carbocycles. The van der Waals surface area contributed by atoms with Gasteiger partial charge in [-0.2, -0.15) is 0 Å². The van der Waals surface area contributed by atoms with Gasteiger partial charge in [0.25, 0.3) is 0 Å². The monoisotopic (exact) mass is 344 g/mol. The van der Waals surface area contributed by atoms with Gasteiger partial charge in [-0.1, -0.05) is 41.9 Å². The second kappa shape index (κ2) is 8.47. The Morgan fingerprint density at radius 1 is 1.08 bits per heavy atom. The van der Waals surface area contributed by atoms with E-state index in [1.807, 2.05) is 12.1 Å². The van der Waals surface area contributed by atoms with E-state index < -0.39 is 0 Å². The lowest BCUT2D eigenvalue weighted by molar-refractivity contribution is 0.212. The molecule has 0 saturated carbocycles. The fourth-order valence-electron chi connectivity index (χ4n) is 3.10. The summed E-state index contributed by atoms with van der Waals surface area (Å²) < 4.78 is 0. The van der Waals surface area contributed by atoms with Crippen molar-refractivity contribution < 1.29 is 0 Å². The van der Waals surface area contributed by atoms with Crippen LogP contribution in [0, 0.1) is 0 Å². The first-order valence-electron chi connectivity index (χ1n) is 8.52. The van der Waals surface area contributed by atoms with Crippen molar-refractivity contribution in [2.24, 2.45) is 0 Å². The molecule has 0 N–H and O–H groups in total. The van der Waals surface area contributed by atoms with E-state index in [1.54, 1.807) is 6.20 Å². The molecule has 24 heavy (non-hydrogen) atoms. The third kappa shape index (κ3) is 4.94. The normalized spacial score (nSPS) is 15.9. The average Bonchev–Trinajstić information content (AvgIpc) is 2.61. The van der Waals surface area contributed by atoms with E-state index in [9.17, 15) is 0 Å². The molecule has 1 aromatic heterocycles. The van der Waals surface area contributed by atoms with E-state index in [1.165, 1.54) is 11.3 Å². The lowest BCUT2D eigenvalue weighted by atomic mass is 10.2. The summed E-state index contributed by atoms with van der Waals surface area (Å²) in [6.07, 6.45) is 1.78. The van der Waals surface area contributed by atoms with Crippen LogP contribution in [0.5, 0.6) is 0 Å². The zero-order valence-corrected chi connectivity index (χ0v) is 15.0. The van der Waals surface area contributed by atoms with Gasteiger partial charge in [0.15, 0.2) is 0 Å². The number of halogens is 1. The van der Waals surface area contributed by atoms with Crippen molar-refractivity contribution in [1.82, 2.24) is 14.8 Å². The number of nitrogens with zero attached hydrogens (tertiary/aromatic N) is 4. The van der Waals surface area contributed by atoms with Crippen molar-refractivity contribution in [3.8, 4) is 0 Å². The highest BCUT2D eigenvalue weighted by molar-refractivity contribution is 6.29. The van der Waals surface area contributed by atoms with Crippen LogP contribution in [0.1, 0.15) is 5.56 Å². The molecule has 0 spiro atoms. The second-order valence-electron chi connectivity index (χ2n) is 6.39. The Labute approximate surface area is 149 Å². The van der Waals surface area contributed by atoms with E-state index >= 15 is 0 Å². The quantitative estimate of drug-likeness (QED) is 0.751. The molecule has 0 radical (unpaired) electrons. The van der Waals surface area contributed by atoms with Crippen LogP contribution in [0.15, 0.2) is 48.7 Å². The van der Waals surface area contributed by atoms with Crippen molar-refractivity contribution in [3.05, 3.63) is 59.4 Å². The highest BCUT2D eigenvalue weighted by Crippen LogP contribution is 2.18. The molecule has 1 aliphatic heterocycles. The van der Waals surface area contributed by atoms with Gasteiger partial charge in [0.05, 0.1) is 0 Å². The predicted octanol–water partition coefficient (Wildman–Crippen LogP) is 2.99. The number of aromatic nitrogens is 1. The van der Waals surface area contributed by atoms with Gasteiger partial charge >= 0.3 is 0 Å². The minimum absolute atomic E-state index is 0.567. The van der Waals surface area contributed by atoms with E-state index in [2.05, 4.69) is 57.1 Å². The van der Waals surface area contributed by atoms with Crippen LogP contribution in [0.25, 0.3) is 0 Å². The van der Waals surface area contributed by atoms with Crippen molar-refractivity contribution >= 4 is 17.3 Å². The molecule has 2 heterocycles. The molecule has 1 aliphatic rings. The Balaban J connectivity index is 1.41. The molecule has 3 rings (SSSR count). The molecule has 0 atom stereocenters. The van der Waals surface area contributed by atoms with Gasteiger partial charge in [-0.15, -0.1) is 0 Å². The first-order chi connectivity index (χ1) is 11.7. The van der Waals surface area contributed by atoms with Crippen molar-refractivity contribution in [2.45, 2.75) is 6.54 Å². The number of anilines is 1. The fraction of sp³-hybridized carbons (Fsp3) is 0.421. The predicted molar refractivity (Wildman–Crippen MR) is 101 cm³/mol. The fourth-order valence-corrected chi connectivity index (χ4v) is 3.27. The second-order valence-corrected chi connectivity index (χ2v) is 6.78. The molecular weight excluding hydrogens is 320 g/mol. The zero-order valence-electron chi connectivity index (χ0n) is 14.2. The van der Waals surface area contributed by atoms with Gasteiger partial charge < -0.3 is 9.80 Å². The summed E-state index contributed by atoms with van der Waals surface area (Å²) in [5.41, 5.74) is 2.55. The third-order valence-corrected chi connectivity index (χ3v) is 4.75. The first kappa shape index (κ1) is 17.2. The molecule has 1 fully saturated rings. The summed E-state index contributed by atoms with van der Waals surface area (Å²) in [5, 5.41) is 0.567. The highest BCUT2D eigenvalue weighted by atomic mass is 35.5. The standard InChI is InChI=1S/C19H25ClN4/c1-22(16-17-5-3-2-4-6-17)9-10-23-11-13-24(14-12-23)18-7-8-21-19(20)15-18/h2-8,15H,9-14,16H2,1H3. The van der Waals surface area contributed by atoms with Gasteiger partial charge in [0, 0.05) is 57.7 Å². The van der Waals surface area contributed by atoms with Crippen LogP contribution in [0.4, 0.5) is 5.69 Å². The van der Waals surface area contributed by atoms with E-state index in [-0.39, 0.29) is 0 Å². The number of hydrogen-bond acceptors (Lipinski definition) is 4. The molecule has 2 aromatic rings. The van der Waals surface area contributed by atoms with E-state index in [0.29, 0.717) is 5.15 Å². The molecule has 5 heteroatoms. The third-order valence-electron chi connectivity index (χ3n) is 4.54. The Hall–Kier alpha value is -1.62. The summed E-state index contributed by atoms with van der Waals surface area (Å²) in [5.74, 6) is 0. The number of rotatable bonds is 6. The summed E-state index contributed by atoms with van der Waals surface area (Å²) >= 11 is 5.99. The largest absolute Gasteiger partial charge is 0.369 e. The lowest BCUT2D eigenvalue weighted by Gasteiger charge is -2.36. The van der Waals surface area contributed by atoms with Gasteiger partial charge in [-0.3, -0.25) is 4.90 Å². The van der Waals surface area contributed by atoms with Crippen molar-refractivity contribution in [3.63, 3.8) is 0 Å².